The Morgan fingerprint density at radius 1 is 1.43 bits per heavy atom. The monoisotopic (exact) mass is 211 g/mol. The zero-order valence-corrected chi connectivity index (χ0v) is 8.41. The Kier molecular flexibility index (Phi) is 2.80. The highest BCUT2D eigenvalue weighted by Gasteiger charge is 2.09. The summed E-state index contributed by atoms with van der Waals surface area (Å²) in [5, 5.41) is 16.4. The van der Waals surface area contributed by atoms with Crippen LogP contribution in [0.15, 0.2) is 9.80 Å². The normalized spacial score (nSPS) is 10.6. The second-order valence-electron chi connectivity index (χ2n) is 2.64. The lowest BCUT2D eigenvalue weighted by molar-refractivity contribution is 0.498. The van der Waals surface area contributed by atoms with E-state index in [4.69, 9.17) is 4.42 Å². The van der Waals surface area contributed by atoms with E-state index in [1.807, 2.05) is 7.05 Å². The van der Waals surface area contributed by atoms with Crippen LogP contribution in [-0.4, -0.2) is 33.4 Å². The van der Waals surface area contributed by atoms with E-state index < -0.39 is 0 Å². The van der Waals surface area contributed by atoms with Gasteiger partial charge in [0.2, 0.25) is 5.89 Å². The molecule has 2 aromatic rings. The lowest BCUT2D eigenvalue weighted by atomic mass is 10.4. The largest absolute Gasteiger partial charge is 0.419 e. The van der Waals surface area contributed by atoms with Crippen molar-refractivity contribution in [1.29, 1.82) is 0 Å². The van der Waals surface area contributed by atoms with Crippen molar-refractivity contribution in [2.75, 3.05) is 13.6 Å². The van der Waals surface area contributed by atoms with Crippen LogP contribution in [0, 0.1) is 0 Å². The van der Waals surface area contributed by atoms with Crippen molar-refractivity contribution < 1.29 is 4.42 Å². The second kappa shape index (κ2) is 4.25. The molecule has 14 heavy (non-hydrogen) atoms. The predicted octanol–water partition coefficient (Wildman–Crippen LogP) is 0.350. The topological polar surface area (TPSA) is 76.7 Å². The van der Waals surface area contributed by atoms with Crippen LogP contribution < -0.4 is 5.32 Å². The number of likely N-dealkylation sites (N-methyl/N-ethyl adjacent to an activating group) is 1. The Bertz CT molecular complexity index is 384. The molecule has 0 aliphatic rings. The van der Waals surface area contributed by atoms with Gasteiger partial charge < -0.3 is 9.73 Å². The molecule has 0 spiro atoms. The fraction of sp³-hybridized carbons (Fsp3) is 0.429. The van der Waals surface area contributed by atoms with Gasteiger partial charge in [0.05, 0.1) is 0 Å². The fourth-order valence-electron chi connectivity index (χ4n) is 0.948. The number of hydrogen-bond donors (Lipinski definition) is 1. The maximum Gasteiger partial charge on any atom is 0.269 e. The lowest BCUT2D eigenvalue weighted by Crippen LogP contribution is -2.10. The summed E-state index contributed by atoms with van der Waals surface area (Å²) in [5.41, 5.74) is 0.637. The number of aromatic nitrogens is 4. The van der Waals surface area contributed by atoms with Gasteiger partial charge in [-0.1, -0.05) is 4.49 Å². The van der Waals surface area contributed by atoms with Gasteiger partial charge in [-0.25, -0.2) is 0 Å². The zero-order chi connectivity index (χ0) is 9.80. The van der Waals surface area contributed by atoms with E-state index in [1.54, 1.807) is 5.38 Å². The Morgan fingerprint density at radius 2 is 2.36 bits per heavy atom. The van der Waals surface area contributed by atoms with Crippen LogP contribution in [0.3, 0.4) is 0 Å². The maximum absolute atomic E-state index is 5.37. The first-order valence-corrected chi connectivity index (χ1v) is 4.98. The standard InChI is InChI=1S/C7H9N5OS/c1-8-3-2-6-10-11-7(13-6)5-4-14-12-9-5/h4,8H,2-3H2,1H3. The van der Waals surface area contributed by atoms with E-state index in [1.165, 1.54) is 11.5 Å². The average Bonchev–Trinajstić information content (AvgIpc) is 2.85. The molecule has 2 heterocycles. The molecule has 0 aliphatic heterocycles. The molecule has 0 fully saturated rings. The minimum Gasteiger partial charge on any atom is -0.419 e. The first-order valence-electron chi connectivity index (χ1n) is 4.14. The average molecular weight is 211 g/mol. The van der Waals surface area contributed by atoms with Gasteiger partial charge in [-0.15, -0.1) is 15.3 Å². The van der Waals surface area contributed by atoms with Gasteiger partial charge in [0.25, 0.3) is 5.89 Å². The maximum atomic E-state index is 5.37. The second-order valence-corrected chi connectivity index (χ2v) is 3.25. The van der Waals surface area contributed by atoms with Crippen molar-refractivity contribution in [3.8, 4) is 11.6 Å². The molecule has 0 radical (unpaired) electrons. The zero-order valence-electron chi connectivity index (χ0n) is 7.60. The van der Waals surface area contributed by atoms with Crippen molar-refractivity contribution in [2.45, 2.75) is 6.42 Å². The summed E-state index contributed by atoms with van der Waals surface area (Å²) in [6, 6.07) is 0. The molecule has 0 aliphatic carbocycles. The summed E-state index contributed by atoms with van der Waals surface area (Å²) < 4.78 is 9.09. The van der Waals surface area contributed by atoms with Crippen molar-refractivity contribution >= 4 is 11.5 Å². The molecule has 2 aromatic heterocycles. The van der Waals surface area contributed by atoms with Gasteiger partial charge in [0.1, 0.15) is 0 Å². The highest BCUT2D eigenvalue weighted by atomic mass is 32.1. The smallest absolute Gasteiger partial charge is 0.269 e. The predicted molar refractivity (Wildman–Crippen MR) is 50.8 cm³/mol. The number of nitrogens with one attached hydrogen (secondary N) is 1. The molecule has 0 amide bonds. The Labute approximate surface area is 84.5 Å². The van der Waals surface area contributed by atoms with Crippen LogP contribution in [0.2, 0.25) is 0 Å². The van der Waals surface area contributed by atoms with Crippen LogP contribution in [0.25, 0.3) is 11.6 Å². The molecule has 0 saturated heterocycles. The summed E-state index contributed by atoms with van der Waals surface area (Å²) in [7, 11) is 1.88. The van der Waals surface area contributed by atoms with Crippen LogP contribution in [-0.2, 0) is 6.42 Å². The van der Waals surface area contributed by atoms with Crippen LogP contribution >= 0.6 is 11.5 Å². The summed E-state index contributed by atoms with van der Waals surface area (Å²) in [4.78, 5) is 0. The van der Waals surface area contributed by atoms with Crippen LogP contribution in [0.4, 0.5) is 0 Å². The van der Waals surface area contributed by atoms with E-state index in [0.717, 1.165) is 13.0 Å². The lowest BCUT2D eigenvalue weighted by Gasteiger charge is -1.91. The van der Waals surface area contributed by atoms with Gasteiger partial charge in [-0.05, 0) is 18.6 Å². The van der Waals surface area contributed by atoms with Gasteiger partial charge in [0, 0.05) is 18.3 Å². The van der Waals surface area contributed by atoms with E-state index >= 15 is 0 Å². The molecule has 7 heteroatoms. The number of rotatable bonds is 4. The highest BCUT2D eigenvalue weighted by Crippen LogP contribution is 2.15. The van der Waals surface area contributed by atoms with E-state index in [2.05, 4.69) is 25.1 Å². The summed E-state index contributed by atoms with van der Waals surface area (Å²) >= 11 is 1.26. The van der Waals surface area contributed by atoms with Crippen molar-refractivity contribution in [1.82, 2.24) is 25.1 Å². The first kappa shape index (κ1) is 9.22. The number of nitrogens with zero attached hydrogens (tertiary/aromatic N) is 4. The van der Waals surface area contributed by atoms with Crippen LogP contribution in [0.1, 0.15) is 5.89 Å². The summed E-state index contributed by atoms with van der Waals surface area (Å²) in [6.45, 7) is 0.816. The first-order chi connectivity index (χ1) is 6.90. The molecule has 0 saturated carbocycles. The summed E-state index contributed by atoms with van der Waals surface area (Å²) in [6.07, 6.45) is 0.723. The third-order valence-corrected chi connectivity index (χ3v) is 2.14. The molecule has 0 aromatic carbocycles. The van der Waals surface area contributed by atoms with Crippen molar-refractivity contribution in [3.63, 3.8) is 0 Å². The van der Waals surface area contributed by atoms with Gasteiger partial charge in [0.15, 0.2) is 5.69 Å². The molecular weight excluding hydrogens is 202 g/mol. The Balaban J connectivity index is 2.10. The molecular formula is C7H9N5OS. The van der Waals surface area contributed by atoms with Gasteiger partial charge in [-0.3, -0.25) is 0 Å². The third kappa shape index (κ3) is 1.94. The Hall–Kier alpha value is -1.34. The van der Waals surface area contributed by atoms with Gasteiger partial charge >= 0.3 is 0 Å². The Morgan fingerprint density at radius 3 is 3.07 bits per heavy atom. The van der Waals surface area contributed by atoms with Crippen LogP contribution in [0.5, 0.6) is 0 Å². The summed E-state index contributed by atoms with van der Waals surface area (Å²) in [5.74, 6) is 1.05. The van der Waals surface area contributed by atoms with E-state index in [9.17, 15) is 0 Å². The SMILES string of the molecule is CNCCc1nnc(-c2csnn2)o1. The quantitative estimate of drug-likeness (QED) is 0.786. The van der Waals surface area contributed by atoms with Gasteiger partial charge in [-0.2, -0.15) is 0 Å². The molecule has 0 bridgehead atoms. The molecule has 2 rings (SSSR count). The third-order valence-electron chi connectivity index (χ3n) is 1.63. The molecule has 74 valence electrons. The van der Waals surface area contributed by atoms with E-state index in [-0.39, 0.29) is 0 Å². The minimum absolute atomic E-state index is 0.435. The fourth-order valence-corrected chi connectivity index (χ4v) is 1.38. The molecule has 1 N–H and O–H groups in total. The van der Waals surface area contributed by atoms with E-state index in [0.29, 0.717) is 17.5 Å². The molecule has 0 unspecified atom stereocenters. The highest BCUT2D eigenvalue weighted by molar-refractivity contribution is 7.03. The molecule has 6 nitrogen and oxygen atoms in total. The van der Waals surface area contributed by atoms with Crippen molar-refractivity contribution in [3.05, 3.63) is 11.3 Å². The molecule has 0 atom stereocenters. The minimum atomic E-state index is 0.435. The van der Waals surface area contributed by atoms with Crippen molar-refractivity contribution in [2.24, 2.45) is 0 Å². The number of hydrogen-bond acceptors (Lipinski definition) is 7.